The molecular formula is C16H23N5O2S. The number of hydrogen-bond donors (Lipinski definition) is 1. The summed E-state index contributed by atoms with van der Waals surface area (Å²) in [5, 5.41) is 4.17. The molecule has 1 fully saturated rings. The summed E-state index contributed by atoms with van der Waals surface area (Å²) in [6.45, 7) is 2.90. The quantitative estimate of drug-likeness (QED) is 0.810. The number of aromatic nitrogens is 3. The number of sulfonamides is 1. The highest BCUT2D eigenvalue weighted by atomic mass is 32.2. The minimum atomic E-state index is -3.43. The van der Waals surface area contributed by atoms with E-state index in [4.69, 9.17) is 0 Å². The molecule has 24 heavy (non-hydrogen) atoms. The van der Waals surface area contributed by atoms with Gasteiger partial charge in [-0.3, -0.25) is 9.58 Å². The highest BCUT2D eigenvalue weighted by molar-refractivity contribution is 7.89. The monoisotopic (exact) mass is 349 g/mol. The second kappa shape index (κ2) is 7.87. The van der Waals surface area contributed by atoms with E-state index in [-0.39, 0.29) is 0 Å². The van der Waals surface area contributed by atoms with Gasteiger partial charge in [0.15, 0.2) is 0 Å². The molecule has 0 aliphatic carbocycles. The minimum absolute atomic E-state index is 0.308. The van der Waals surface area contributed by atoms with Gasteiger partial charge < -0.3 is 0 Å². The zero-order chi connectivity index (χ0) is 16.8. The molecule has 1 aromatic heterocycles. The van der Waals surface area contributed by atoms with Crippen LogP contribution in [0.3, 0.4) is 0 Å². The average Bonchev–Trinajstić information content (AvgIpc) is 3.10. The first-order valence-corrected chi connectivity index (χ1v) is 9.75. The third-order valence-electron chi connectivity index (χ3n) is 4.36. The molecule has 1 aromatic carbocycles. The first kappa shape index (κ1) is 17.1. The Morgan fingerprint density at radius 2 is 2.04 bits per heavy atom. The molecule has 1 aliphatic rings. The van der Waals surface area contributed by atoms with E-state index < -0.39 is 10.0 Å². The van der Waals surface area contributed by atoms with Crippen LogP contribution in [0.2, 0.25) is 0 Å². The van der Waals surface area contributed by atoms with Crippen LogP contribution >= 0.6 is 0 Å². The maximum atomic E-state index is 12.3. The number of nitrogens with zero attached hydrogens (tertiary/aromatic N) is 4. The van der Waals surface area contributed by atoms with Crippen molar-refractivity contribution in [2.45, 2.75) is 36.7 Å². The van der Waals surface area contributed by atoms with Gasteiger partial charge in [-0.25, -0.2) is 18.1 Å². The fourth-order valence-electron chi connectivity index (χ4n) is 3.11. The van der Waals surface area contributed by atoms with Gasteiger partial charge in [0.25, 0.3) is 0 Å². The van der Waals surface area contributed by atoms with Gasteiger partial charge in [-0.15, -0.1) is 0 Å². The summed E-state index contributed by atoms with van der Waals surface area (Å²) < 4.78 is 29.1. The summed E-state index contributed by atoms with van der Waals surface area (Å²) in [6, 6.07) is 8.86. The van der Waals surface area contributed by atoms with Crippen LogP contribution in [0.5, 0.6) is 0 Å². The summed E-state index contributed by atoms with van der Waals surface area (Å²) in [5.41, 5.74) is 0. The molecule has 0 unspecified atom stereocenters. The summed E-state index contributed by atoms with van der Waals surface area (Å²) in [6.07, 6.45) is 6.72. The van der Waals surface area contributed by atoms with E-state index in [1.807, 2.05) is 10.7 Å². The Bertz CT molecular complexity index is 718. The van der Waals surface area contributed by atoms with E-state index in [2.05, 4.69) is 19.7 Å². The van der Waals surface area contributed by atoms with Crippen molar-refractivity contribution in [3.8, 4) is 0 Å². The Labute approximate surface area is 142 Å². The molecule has 0 amide bonds. The predicted octanol–water partition coefficient (Wildman–Crippen LogP) is 1.11. The van der Waals surface area contributed by atoms with E-state index in [0.29, 0.717) is 24.0 Å². The van der Waals surface area contributed by atoms with Crippen molar-refractivity contribution in [3.05, 3.63) is 43.0 Å². The maximum Gasteiger partial charge on any atom is 0.240 e. The normalized spacial score (nSPS) is 19.4. The third-order valence-corrected chi connectivity index (χ3v) is 5.83. The zero-order valence-corrected chi connectivity index (χ0v) is 14.4. The molecular weight excluding hydrogens is 326 g/mol. The molecule has 8 heteroatoms. The van der Waals surface area contributed by atoms with Crippen LogP contribution in [-0.2, 0) is 16.6 Å². The van der Waals surface area contributed by atoms with Crippen molar-refractivity contribution in [2.24, 2.45) is 0 Å². The molecule has 0 bridgehead atoms. The summed E-state index contributed by atoms with van der Waals surface area (Å²) in [7, 11) is -3.43. The van der Waals surface area contributed by atoms with Gasteiger partial charge >= 0.3 is 0 Å². The number of rotatable bonds is 7. The van der Waals surface area contributed by atoms with Crippen LogP contribution in [-0.4, -0.2) is 53.8 Å². The van der Waals surface area contributed by atoms with Crippen molar-refractivity contribution in [2.75, 3.05) is 19.6 Å². The lowest BCUT2D eigenvalue weighted by molar-refractivity contribution is 0.132. The highest BCUT2D eigenvalue weighted by Crippen LogP contribution is 2.18. The Hall–Kier alpha value is -1.77. The van der Waals surface area contributed by atoms with Crippen molar-refractivity contribution in [1.29, 1.82) is 0 Å². The van der Waals surface area contributed by atoms with Crippen molar-refractivity contribution in [3.63, 3.8) is 0 Å². The van der Waals surface area contributed by atoms with E-state index in [1.165, 1.54) is 6.42 Å². The Morgan fingerprint density at radius 1 is 1.21 bits per heavy atom. The lowest BCUT2D eigenvalue weighted by Crippen LogP contribution is -2.45. The number of benzene rings is 1. The van der Waals surface area contributed by atoms with Crippen LogP contribution in [0.1, 0.15) is 19.3 Å². The number of hydrogen-bond acceptors (Lipinski definition) is 5. The second-order valence-electron chi connectivity index (χ2n) is 6.01. The van der Waals surface area contributed by atoms with Gasteiger partial charge in [0.1, 0.15) is 12.7 Å². The highest BCUT2D eigenvalue weighted by Gasteiger charge is 2.23. The smallest absolute Gasteiger partial charge is 0.240 e. The predicted molar refractivity (Wildman–Crippen MR) is 90.9 cm³/mol. The van der Waals surface area contributed by atoms with Gasteiger partial charge in [-0.05, 0) is 31.5 Å². The molecule has 2 aromatic rings. The van der Waals surface area contributed by atoms with Gasteiger partial charge in [-0.1, -0.05) is 24.6 Å². The molecule has 1 atom stereocenters. The van der Waals surface area contributed by atoms with Crippen LogP contribution in [0.4, 0.5) is 0 Å². The lowest BCUT2D eigenvalue weighted by atomic mass is 10.0. The average molecular weight is 349 g/mol. The molecule has 2 heterocycles. The van der Waals surface area contributed by atoms with E-state index >= 15 is 0 Å². The maximum absolute atomic E-state index is 12.3. The van der Waals surface area contributed by atoms with Crippen LogP contribution in [0.15, 0.2) is 47.9 Å². The SMILES string of the molecule is O=S(=O)(NCCN1CCCC[C@@H]1Cn1cncn1)c1ccccc1. The fraction of sp³-hybridized carbons (Fsp3) is 0.500. The molecule has 0 spiro atoms. The number of piperidine rings is 1. The summed E-state index contributed by atoms with van der Waals surface area (Å²) in [5.74, 6) is 0. The Balaban J connectivity index is 1.54. The molecule has 1 saturated heterocycles. The van der Waals surface area contributed by atoms with Crippen molar-refractivity contribution >= 4 is 10.0 Å². The first-order chi connectivity index (χ1) is 11.6. The molecule has 1 aliphatic heterocycles. The third kappa shape index (κ3) is 4.40. The molecule has 3 rings (SSSR count). The van der Waals surface area contributed by atoms with Crippen molar-refractivity contribution in [1.82, 2.24) is 24.4 Å². The zero-order valence-electron chi connectivity index (χ0n) is 13.6. The first-order valence-electron chi connectivity index (χ1n) is 8.26. The summed E-state index contributed by atoms with van der Waals surface area (Å²) >= 11 is 0. The largest absolute Gasteiger partial charge is 0.297 e. The minimum Gasteiger partial charge on any atom is -0.297 e. The van der Waals surface area contributed by atoms with Crippen LogP contribution < -0.4 is 4.72 Å². The number of nitrogens with one attached hydrogen (secondary N) is 1. The summed E-state index contributed by atoms with van der Waals surface area (Å²) in [4.78, 5) is 6.64. The van der Waals surface area contributed by atoms with E-state index in [1.54, 1.807) is 36.9 Å². The van der Waals surface area contributed by atoms with Crippen LogP contribution in [0.25, 0.3) is 0 Å². The molecule has 7 nitrogen and oxygen atoms in total. The van der Waals surface area contributed by atoms with E-state index in [0.717, 1.165) is 25.9 Å². The van der Waals surface area contributed by atoms with Gasteiger partial charge in [0, 0.05) is 19.1 Å². The number of likely N-dealkylation sites (tertiary alicyclic amines) is 1. The van der Waals surface area contributed by atoms with Crippen molar-refractivity contribution < 1.29 is 8.42 Å². The fourth-order valence-corrected chi connectivity index (χ4v) is 4.15. The molecule has 1 N–H and O–H groups in total. The Kier molecular flexibility index (Phi) is 5.60. The topological polar surface area (TPSA) is 80.1 Å². The van der Waals surface area contributed by atoms with E-state index in [9.17, 15) is 8.42 Å². The van der Waals surface area contributed by atoms with Gasteiger partial charge in [-0.2, -0.15) is 5.10 Å². The standard InChI is InChI=1S/C16H23N5O2S/c22-24(23,16-7-2-1-3-8-16)19-9-11-20-10-5-4-6-15(20)12-21-14-17-13-18-21/h1-3,7-8,13-15,19H,4-6,9-12H2/t15-/m1/s1. The Morgan fingerprint density at radius 3 is 2.79 bits per heavy atom. The second-order valence-corrected chi connectivity index (χ2v) is 7.78. The lowest BCUT2D eigenvalue weighted by Gasteiger charge is -2.35. The van der Waals surface area contributed by atoms with Crippen LogP contribution in [0, 0.1) is 0 Å². The van der Waals surface area contributed by atoms with Gasteiger partial charge in [0.2, 0.25) is 10.0 Å². The van der Waals surface area contributed by atoms with Gasteiger partial charge in [0.05, 0.1) is 11.4 Å². The molecule has 0 saturated carbocycles. The molecule has 130 valence electrons. The molecule has 0 radical (unpaired) electrons.